The number of fused-ring (bicyclic) bond motifs is 1. The number of carboxylic acids is 1. The predicted molar refractivity (Wildman–Crippen MR) is 168 cm³/mol. The van der Waals surface area contributed by atoms with Crippen molar-refractivity contribution in [3.05, 3.63) is 40.4 Å². The van der Waals surface area contributed by atoms with Gasteiger partial charge in [-0.2, -0.15) is 13.5 Å². The lowest BCUT2D eigenvalue weighted by molar-refractivity contribution is -0.218. The first-order chi connectivity index (χ1) is 22.4. The Labute approximate surface area is 277 Å². The topological polar surface area (TPSA) is 291 Å². The Morgan fingerprint density at radius 3 is 2.71 bits per heavy atom. The molecule has 21 heteroatoms. The van der Waals surface area contributed by atoms with Crippen molar-refractivity contribution in [3.63, 3.8) is 0 Å². The largest absolute Gasteiger partial charge is 0.485 e. The van der Waals surface area contributed by atoms with E-state index in [1.165, 1.54) is 26.2 Å². The first-order valence-corrected chi connectivity index (χ1v) is 16.7. The number of oxime groups is 1. The molecule has 4 heterocycles. The number of amides is 2. The number of nitrogen functional groups attached to an aromatic ring is 1. The Morgan fingerprint density at radius 2 is 2.10 bits per heavy atom. The van der Waals surface area contributed by atoms with Crippen LogP contribution in [0.4, 0.5) is 5.13 Å². The third kappa shape index (κ3) is 6.77. The summed E-state index contributed by atoms with van der Waals surface area (Å²) in [6, 6.07) is 3.61. The Morgan fingerprint density at radius 1 is 1.38 bits per heavy atom. The van der Waals surface area contributed by atoms with Gasteiger partial charge in [0.2, 0.25) is 0 Å². The normalized spacial score (nSPS) is 23.8. The first-order valence-electron chi connectivity index (χ1n) is 14.5. The number of amidine groups is 1. The number of nitrogens with zero attached hydrogens (tertiary/aromatic N) is 4. The standard InChI is InChI=1S/C27H34N8O11S2/c1-26(2)20(23(38)35(26)46-48(41,42)43)33-22(37)19(15-11-47-25(29)32-15)34-45-27(3,24(39)40)18-7-5-12-8-13(4-6-17(12)44-18)21-30-10-14(31-21)16(36)9-28/h4,6,8,11,14,16,18,20,36H,5,7,9-10,28H2,1-3H3,(H2,29,32)(H,30,31)(H,33,37)(H,39,40)(H,41,42,43)/b34-19-/t14-,16+,18-,20-,27+/m1/s1. The van der Waals surface area contributed by atoms with E-state index in [2.05, 4.69) is 30.0 Å². The summed E-state index contributed by atoms with van der Waals surface area (Å²) in [7, 11) is -5.03. The van der Waals surface area contributed by atoms with Crippen LogP contribution in [0.3, 0.4) is 0 Å². The van der Waals surface area contributed by atoms with Crippen LogP contribution in [0.5, 0.6) is 5.75 Å². The fraction of sp³-hybridized carbons (Fsp3) is 0.481. The second-order valence-corrected chi connectivity index (χ2v) is 13.8. The molecule has 1 fully saturated rings. The summed E-state index contributed by atoms with van der Waals surface area (Å²) in [5, 5.41) is 31.5. The number of carbonyl (C=O) groups excluding carboxylic acids is 2. The molecular weight excluding hydrogens is 676 g/mol. The molecule has 1 aromatic carbocycles. The lowest BCUT2D eigenvalue weighted by atomic mass is 9.84. The summed E-state index contributed by atoms with van der Waals surface area (Å²) < 4.78 is 41.7. The van der Waals surface area contributed by atoms with Crippen LogP contribution in [-0.4, -0.2) is 111 Å². The smallest absolute Gasteiger partial charge is 0.418 e. The maximum absolute atomic E-state index is 13.4. The van der Waals surface area contributed by atoms with E-state index in [1.54, 1.807) is 12.1 Å². The van der Waals surface area contributed by atoms with Crippen LogP contribution >= 0.6 is 11.3 Å². The molecule has 5 atom stereocenters. The van der Waals surface area contributed by atoms with Crippen molar-refractivity contribution in [1.29, 1.82) is 0 Å². The summed E-state index contributed by atoms with van der Waals surface area (Å²) in [5.74, 6) is -2.49. The number of ether oxygens (including phenoxy) is 1. The van der Waals surface area contributed by atoms with Crippen molar-refractivity contribution in [2.24, 2.45) is 15.9 Å². The van der Waals surface area contributed by atoms with Crippen molar-refractivity contribution in [2.45, 2.75) is 69.0 Å². The second-order valence-electron chi connectivity index (χ2n) is 11.9. The third-order valence-corrected chi connectivity index (χ3v) is 9.23. The number of β-lactam (4-membered cyclic amide) rings is 1. The number of aliphatic hydroxyl groups is 1. The summed E-state index contributed by atoms with van der Waals surface area (Å²) in [6.07, 6.45) is -1.26. The number of carbonyl (C=O) groups is 3. The number of thiazole rings is 1. The molecule has 48 heavy (non-hydrogen) atoms. The summed E-state index contributed by atoms with van der Waals surface area (Å²) in [4.78, 5) is 52.7. The fourth-order valence-electron chi connectivity index (χ4n) is 5.33. The zero-order valence-corrected chi connectivity index (χ0v) is 27.4. The summed E-state index contributed by atoms with van der Waals surface area (Å²) >= 11 is 0.957. The van der Waals surface area contributed by atoms with E-state index in [4.69, 9.17) is 25.6 Å². The van der Waals surface area contributed by atoms with Crippen LogP contribution in [-0.2, 0) is 40.3 Å². The van der Waals surface area contributed by atoms with Gasteiger partial charge in [0, 0.05) is 17.5 Å². The Balaban J connectivity index is 1.34. The number of aliphatic carboxylic acids is 1. The van der Waals surface area contributed by atoms with Crippen molar-refractivity contribution < 1.29 is 51.4 Å². The number of hydrogen-bond donors (Lipinski definition) is 7. The van der Waals surface area contributed by atoms with Crippen LogP contribution in [0.25, 0.3) is 0 Å². The quantitative estimate of drug-likeness (QED) is 0.0575. The average Bonchev–Trinajstić information content (AvgIpc) is 3.70. The zero-order valence-electron chi connectivity index (χ0n) is 25.8. The van der Waals surface area contributed by atoms with Crippen molar-refractivity contribution in [3.8, 4) is 5.75 Å². The van der Waals surface area contributed by atoms with Crippen LogP contribution in [0.1, 0.15) is 44.0 Å². The SMILES string of the molecule is CC1(C)[C@H](NC(=O)/C(=N\O[C@](C)(C(=O)O)[C@H]2CCc3cc(C4=NC[C@H]([C@@H](O)CN)N4)ccc3O2)c2csc(N)n2)C(=O)N1OS(=O)(=O)O. The monoisotopic (exact) mass is 710 g/mol. The molecule has 0 saturated carbocycles. The summed E-state index contributed by atoms with van der Waals surface area (Å²) in [5.41, 5.74) is 8.65. The van der Waals surface area contributed by atoms with Gasteiger partial charge < -0.3 is 41.9 Å². The van der Waals surface area contributed by atoms with Crippen molar-refractivity contribution in [2.75, 3.05) is 18.8 Å². The number of nitrogens with one attached hydrogen (secondary N) is 2. The van der Waals surface area contributed by atoms with E-state index in [9.17, 15) is 33.0 Å². The molecule has 0 aliphatic carbocycles. The first kappa shape index (κ1) is 34.9. The molecule has 5 rings (SSSR count). The second kappa shape index (κ2) is 12.9. The van der Waals surface area contributed by atoms with Gasteiger partial charge in [0.15, 0.2) is 16.9 Å². The molecule has 3 aliphatic heterocycles. The van der Waals surface area contributed by atoms with Gasteiger partial charge in [-0.3, -0.25) is 19.1 Å². The number of anilines is 1. The molecular formula is C27H34N8O11S2. The maximum atomic E-state index is 13.4. The van der Waals surface area contributed by atoms with Gasteiger partial charge in [0.1, 0.15) is 23.3 Å². The van der Waals surface area contributed by atoms with Gasteiger partial charge in [0.25, 0.3) is 17.4 Å². The highest BCUT2D eigenvalue weighted by atomic mass is 32.3. The molecule has 0 radical (unpaired) electrons. The average molecular weight is 711 g/mol. The Kier molecular flexibility index (Phi) is 9.38. The molecule has 0 spiro atoms. The Hall–Kier alpha value is -4.41. The number of aliphatic imine (C=N–C) groups is 1. The van der Waals surface area contributed by atoms with Gasteiger partial charge >= 0.3 is 16.4 Å². The molecule has 0 bridgehead atoms. The lowest BCUT2D eigenvalue weighted by Gasteiger charge is -2.50. The Bertz CT molecular complexity index is 1800. The number of rotatable bonds is 12. The number of carboxylic acid groups (broad SMARTS) is 1. The number of aliphatic hydroxyl groups excluding tert-OH is 1. The van der Waals surface area contributed by atoms with Gasteiger partial charge in [-0.25, -0.2) is 9.78 Å². The molecule has 2 amide bonds. The van der Waals surface area contributed by atoms with Crippen molar-refractivity contribution >= 4 is 56.2 Å². The lowest BCUT2D eigenvalue weighted by Crippen LogP contribution is -2.76. The van der Waals surface area contributed by atoms with Gasteiger partial charge in [-0.05, 0) is 57.4 Å². The van der Waals surface area contributed by atoms with Gasteiger partial charge in [-0.15, -0.1) is 15.6 Å². The number of nitrogens with two attached hydrogens (primary N) is 2. The molecule has 2 aromatic rings. The fourth-order valence-corrected chi connectivity index (χ4v) is 6.34. The highest BCUT2D eigenvalue weighted by molar-refractivity contribution is 7.80. The van der Waals surface area contributed by atoms with Crippen LogP contribution < -0.4 is 26.8 Å². The molecule has 0 unspecified atom stereocenters. The van der Waals surface area contributed by atoms with Crippen molar-refractivity contribution in [1.82, 2.24) is 20.7 Å². The van der Waals surface area contributed by atoms with E-state index in [-0.39, 0.29) is 29.8 Å². The third-order valence-electron chi connectivity index (χ3n) is 8.22. The number of benzene rings is 1. The number of hydroxylamine groups is 2. The van der Waals surface area contributed by atoms with E-state index in [0.717, 1.165) is 22.5 Å². The van der Waals surface area contributed by atoms with Crippen LogP contribution in [0, 0.1) is 0 Å². The van der Waals surface area contributed by atoms with Gasteiger partial charge in [0.05, 0.1) is 24.2 Å². The minimum atomic E-state index is -5.03. The number of hydrogen-bond acceptors (Lipinski definition) is 16. The van der Waals surface area contributed by atoms with E-state index in [0.29, 0.717) is 29.6 Å². The number of aryl methyl sites for hydroxylation is 1. The molecule has 1 aromatic heterocycles. The molecule has 1 saturated heterocycles. The maximum Gasteiger partial charge on any atom is 0.418 e. The predicted octanol–water partition coefficient (Wildman–Crippen LogP) is -1.44. The minimum absolute atomic E-state index is 0.0516. The zero-order chi connectivity index (χ0) is 35.2. The van der Waals surface area contributed by atoms with Gasteiger partial charge in [-0.1, -0.05) is 5.16 Å². The van der Waals surface area contributed by atoms with E-state index < -0.39 is 63.3 Å². The molecule has 3 aliphatic rings. The van der Waals surface area contributed by atoms with E-state index in [1.807, 2.05) is 6.07 Å². The molecule has 19 nitrogen and oxygen atoms in total. The highest BCUT2D eigenvalue weighted by Gasteiger charge is 2.58. The van der Waals surface area contributed by atoms with E-state index >= 15 is 0 Å². The minimum Gasteiger partial charge on any atom is -0.485 e. The van der Waals surface area contributed by atoms with Crippen LogP contribution in [0.2, 0.25) is 0 Å². The molecule has 260 valence electrons. The number of aromatic nitrogens is 1. The summed E-state index contributed by atoms with van der Waals surface area (Å²) in [6.45, 7) is 4.41. The molecule has 9 N–H and O–H groups in total. The highest BCUT2D eigenvalue weighted by Crippen LogP contribution is 2.35. The van der Waals surface area contributed by atoms with Crippen LogP contribution in [0.15, 0.2) is 33.7 Å².